The highest BCUT2D eigenvalue weighted by molar-refractivity contribution is 5.75. The molecule has 4 heteroatoms. The zero-order valence-electron chi connectivity index (χ0n) is 9.82. The van der Waals surface area contributed by atoms with Crippen LogP contribution in [0.4, 0.5) is 0 Å². The van der Waals surface area contributed by atoms with Crippen molar-refractivity contribution in [2.24, 2.45) is 0 Å². The molecule has 2 rings (SSSR count). The Kier molecular flexibility index (Phi) is 3.23. The molecule has 1 heterocycles. The molecular formula is C13H14NO3+. The maximum absolute atomic E-state index is 11.8. The van der Waals surface area contributed by atoms with E-state index in [0.29, 0.717) is 23.5 Å². The van der Waals surface area contributed by atoms with Gasteiger partial charge in [-0.2, -0.15) is 0 Å². The summed E-state index contributed by atoms with van der Waals surface area (Å²) in [5.74, 6) is 0.419. The van der Waals surface area contributed by atoms with E-state index in [1.807, 2.05) is 19.9 Å². The van der Waals surface area contributed by atoms with Crippen LogP contribution < -0.4 is 10.5 Å². The molecule has 0 spiro atoms. The van der Waals surface area contributed by atoms with Crippen LogP contribution in [0.2, 0.25) is 0 Å². The molecule has 0 aliphatic rings. The molecule has 2 aromatic rings. The van der Waals surface area contributed by atoms with Gasteiger partial charge in [0.15, 0.2) is 5.58 Å². The van der Waals surface area contributed by atoms with Gasteiger partial charge in [0, 0.05) is 0 Å². The summed E-state index contributed by atoms with van der Waals surface area (Å²) in [5.41, 5.74) is 1.15. The maximum atomic E-state index is 11.8. The van der Waals surface area contributed by atoms with Gasteiger partial charge >= 0.3 is 11.4 Å². The molecule has 0 bridgehead atoms. The SMILES string of the molecule is CCO/C=C(\C)c1[nH+]c(=O)c2ccccc2o1. The second-order valence-electron chi connectivity index (χ2n) is 3.64. The molecular weight excluding hydrogens is 218 g/mol. The number of hydrogen-bond donors (Lipinski definition) is 0. The van der Waals surface area contributed by atoms with E-state index in [1.165, 1.54) is 0 Å². The van der Waals surface area contributed by atoms with Gasteiger partial charge in [-0.3, -0.25) is 0 Å². The van der Waals surface area contributed by atoms with Gasteiger partial charge in [-0.05, 0) is 26.0 Å². The fraction of sp³-hybridized carbons (Fsp3) is 0.231. The Bertz CT molecular complexity index is 613. The van der Waals surface area contributed by atoms with Crippen LogP contribution in [0.5, 0.6) is 0 Å². The lowest BCUT2D eigenvalue weighted by molar-refractivity contribution is -0.415. The Labute approximate surface area is 98.5 Å². The highest BCUT2D eigenvalue weighted by atomic mass is 16.5. The minimum absolute atomic E-state index is 0.161. The summed E-state index contributed by atoms with van der Waals surface area (Å²) in [5, 5.41) is 0.542. The van der Waals surface area contributed by atoms with Crippen LogP contribution in [-0.2, 0) is 4.74 Å². The van der Waals surface area contributed by atoms with Gasteiger partial charge in [-0.15, -0.1) is 4.98 Å². The largest absolute Gasteiger partial charge is 0.501 e. The lowest BCUT2D eigenvalue weighted by atomic mass is 10.2. The Morgan fingerprint density at radius 3 is 3.00 bits per heavy atom. The Balaban J connectivity index is 2.54. The summed E-state index contributed by atoms with van der Waals surface area (Å²) in [7, 11) is 0. The van der Waals surface area contributed by atoms with Crippen LogP contribution in [-0.4, -0.2) is 6.61 Å². The van der Waals surface area contributed by atoms with Crippen molar-refractivity contribution in [3.05, 3.63) is 46.8 Å². The molecule has 0 saturated carbocycles. The smallest absolute Gasteiger partial charge is 0.424 e. The molecule has 88 valence electrons. The number of para-hydroxylation sites is 1. The van der Waals surface area contributed by atoms with Crippen LogP contribution in [0, 0.1) is 0 Å². The van der Waals surface area contributed by atoms with Crippen molar-refractivity contribution in [1.82, 2.24) is 0 Å². The van der Waals surface area contributed by atoms with E-state index in [-0.39, 0.29) is 5.56 Å². The molecule has 0 unspecified atom stereocenters. The Morgan fingerprint density at radius 1 is 1.47 bits per heavy atom. The number of aromatic amines is 1. The number of benzene rings is 1. The summed E-state index contributed by atoms with van der Waals surface area (Å²) in [6.45, 7) is 4.29. The number of ether oxygens (including phenoxy) is 1. The van der Waals surface area contributed by atoms with Gasteiger partial charge in [0.1, 0.15) is 5.39 Å². The molecule has 0 amide bonds. The van der Waals surface area contributed by atoms with E-state index in [1.54, 1.807) is 24.5 Å². The molecule has 17 heavy (non-hydrogen) atoms. The average molecular weight is 232 g/mol. The maximum Gasteiger partial charge on any atom is 0.424 e. The third-order valence-electron chi connectivity index (χ3n) is 2.36. The number of rotatable bonds is 3. The van der Waals surface area contributed by atoms with Gasteiger partial charge < -0.3 is 9.15 Å². The number of H-pyrrole nitrogens is 1. The van der Waals surface area contributed by atoms with Crippen LogP contribution in [0.1, 0.15) is 19.7 Å². The number of fused-ring (bicyclic) bond motifs is 1. The molecule has 4 nitrogen and oxygen atoms in total. The van der Waals surface area contributed by atoms with E-state index < -0.39 is 0 Å². The van der Waals surface area contributed by atoms with Crippen molar-refractivity contribution in [3.63, 3.8) is 0 Å². The van der Waals surface area contributed by atoms with E-state index in [9.17, 15) is 4.79 Å². The van der Waals surface area contributed by atoms with Crippen molar-refractivity contribution in [2.75, 3.05) is 6.61 Å². The Hall–Kier alpha value is -2.10. The van der Waals surface area contributed by atoms with Gasteiger partial charge in [0.25, 0.3) is 0 Å². The second-order valence-corrected chi connectivity index (χ2v) is 3.64. The summed E-state index contributed by atoms with van der Waals surface area (Å²) < 4.78 is 10.8. The van der Waals surface area contributed by atoms with Crippen LogP contribution in [0.3, 0.4) is 0 Å². The number of allylic oxidation sites excluding steroid dienone is 1. The highest BCUT2D eigenvalue weighted by Crippen LogP contribution is 2.13. The molecule has 1 aromatic carbocycles. The first-order chi connectivity index (χ1) is 8.22. The number of aromatic nitrogens is 1. The van der Waals surface area contributed by atoms with Gasteiger partial charge in [0.05, 0.1) is 18.4 Å². The zero-order valence-corrected chi connectivity index (χ0v) is 9.82. The first-order valence-corrected chi connectivity index (χ1v) is 5.46. The van der Waals surface area contributed by atoms with E-state index >= 15 is 0 Å². The van der Waals surface area contributed by atoms with Crippen LogP contribution in [0.15, 0.2) is 39.7 Å². The highest BCUT2D eigenvalue weighted by Gasteiger charge is 2.13. The normalized spacial score (nSPS) is 11.8. The molecule has 0 radical (unpaired) electrons. The summed E-state index contributed by atoms with van der Waals surface area (Å²) in [4.78, 5) is 14.5. The molecule has 0 saturated heterocycles. The molecule has 0 aliphatic heterocycles. The van der Waals surface area contributed by atoms with Crippen molar-refractivity contribution in [2.45, 2.75) is 13.8 Å². The minimum Gasteiger partial charge on any atom is -0.501 e. The Morgan fingerprint density at radius 2 is 2.24 bits per heavy atom. The minimum atomic E-state index is -0.161. The predicted octanol–water partition coefficient (Wildman–Crippen LogP) is 2.00. The number of hydrogen-bond acceptors (Lipinski definition) is 3. The molecule has 0 aliphatic carbocycles. The molecule has 0 fully saturated rings. The quantitative estimate of drug-likeness (QED) is 0.760. The first-order valence-electron chi connectivity index (χ1n) is 5.46. The van der Waals surface area contributed by atoms with Gasteiger partial charge in [-0.1, -0.05) is 12.1 Å². The van der Waals surface area contributed by atoms with E-state index in [4.69, 9.17) is 9.15 Å². The second kappa shape index (κ2) is 4.82. The average Bonchev–Trinajstić information content (AvgIpc) is 2.36. The van der Waals surface area contributed by atoms with Gasteiger partial charge in [0.2, 0.25) is 0 Å². The summed E-state index contributed by atoms with van der Waals surface area (Å²) >= 11 is 0. The molecule has 0 atom stereocenters. The monoisotopic (exact) mass is 232 g/mol. The third kappa shape index (κ3) is 2.36. The van der Waals surface area contributed by atoms with Gasteiger partial charge in [-0.25, -0.2) is 4.79 Å². The fourth-order valence-electron chi connectivity index (χ4n) is 1.49. The van der Waals surface area contributed by atoms with Crippen molar-refractivity contribution < 1.29 is 14.1 Å². The summed E-state index contributed by atoms with van der Waals surface area (Å²) in [6.07, 6.45) is 1.57. The zero-order chi connectivity index (χ0) is 12.3. The van der Waals surface area contributed by atoms with Crippen molar-refractivity contribution in [1.29, 1.82) is 0 Å². The summed E-state index contributed by atoms with van der Waals surface area (Å²) in [6, 6.07) is 7.12. The first kappa shape index (κ1) is 11.4. The fourth-order valence-corrected chi connectivity index (χ4v) is 1.49. The molecule has 1 N–H and O–H groups in total. The predicted molar refractivity (Wildman–Crippen MR) is 64.3 cm³/mol. The van der Waals surface area contributed by atoms with E-state index in [0.717, 1.165) is 5.57 Å². The topological polar surface area (TPSA) is 53.6 Å². The van der Waals surface area contributed by atoms with Crippen molar-refractivity contribution in [3.8, 4) is 0 Å². The third-order valence-corrected chi connectivity index (χ3v) is 2.36. The van der Waals surface area contributed by atoms with Crippen LogP contribution in [0.25, 0.3) is 16.5 Å². The lowest BCUT2D eigenvalue weighted by Crippen LogP contribution is -2.30. The molecule has 1 aromatic heterocycles. The lowest BCUT2D eigenvalue weighted by Gasteiger charge is -1.97. The number of nitrogens with one attached hydrogen (secondary N) is 1. The standard InChI is InChI=1S/C13H13NO3/c1-3-16-8-9(2)13-14-12(15)10-6-4-5-7-11(10)17-13/h4-8H,3H2,1-2H3/p+1/b9-8+. The van der Waals surface area contributed by atoms with Crippen molar-refractivity contribution >= 4 is 16.5 Å². The van der Waals surface area contributed by atoms with Crippen LogP contribution >= 0.6 is 0 Å². The van der Waals surface area contributed by atoms with E-state index in [2.05, 4.69) is 4.98 Å².